The van der Waals surface area contributed by atoms with Gasteiger partial charge in [0.1, 0.15) is 12.3 Å². The quantitative estimate of drug-likeness (QED) is 0.472. The van der Waals surface area contributed by atoms with Crippen LogP contribution < -0.4 is 14.9 Å². The maximum atomic E-state index is 13.0. The first-order valence-corrected chi connectivity index (χ1v) is 14.1. The van der Waals surface area contributed by atoms with Crippen LogP contribution in [-0.2, 0) is 29.0 Å². The second kappa shape index (κ2) is 11.3. The average molecular weight is 542 g/mol. The maximum Gasteiger partial charge on any atom is 0.308 e. The SMILES string of the molecule is COc1ccc2c(c1)CC(CNC(=O)C1CCN(C(=O)Cn3c(=O)sc4ccc(Cl)cc43)CC1)CCC2. The van der Waals surface area contributed by atoms with E-state index in [-0.39, 0.29) is 29.1 Å². The summed E-state index contributed by atoms with van der Waals surface area (Å²) in [6.45, 7) is 1.70. The number of methoxy groups -OCH3 is 1. The molecular weight excluding hydrogens is 510 g/mol. The molecule has 0 radical (unpaired) electrons. The average Bonchev–Trinajstić information content (AvgIpc) is 3.07. The molecule has 1 N–H and O–H groups in total. The van der Waals surface area contributed by atoms with Crippen LogP contribution in [0, 0.1) is 11.8 Å². The molecule has 2 heterocycles. The zero-order valence-electron chi connectivity index (χ0n) is 21.0. The van der Waals surface area contributed by atoms with Crippen LogP contribution in [0.1, 0.15) is 36.8 Å². The van der Waals surface area contributed by atoms with Gasteiger partial charge in [-0.25, -0.2) is 0 Å². The Labute approximate surface area is 225 Å². The largest absolute Gasteiger partial charge is 0.497 e. The Morgan fingerprint density at radius 3 is 2.70 bits per heavy atom. The number of piperidine rings is 1. The van der Waals surface area contributed by atoms with E-state index in [0.717, 1.165) is 47.5 Å². The van der Waals surface area contributed by atoms with Crippen molar-refractivity contribution in [2.45, 2.75) is 45.1 Å². The summed E-state index contributed by atoms with van der Waals surface area (Å²) in [6, 6.07) is 11.6. The van der Waals surface area contributed by atoms with Gasteiger partial charge in [0.05, 0.1) is 17.3 Å². The summed E-state index contributed by atoms with van der Waals surface area (Å²) >= 11 is 7.22. The molecule has 5 rings (SSSR count). The van der Waals surface area contributed by atoms with E-state index in [9.17, 15) is 14.4 Å². The second-order valence-corrected chi connectivity index (χ2v) is 11.5. The van der Waals surface area contributed by atoms with Crippen molar-refractivity contribution in [1.29, 1.82) is 0 Å². The molecule has 196 valence electrons. The Hall–Kier alpha value is -2.84. The number of nitrogens with one attached hydrogen (secondary N) is 1. The van der Waals surface area contributed by atoms with Crippen LogP contribution >= 0.6 is 22.9 Å². The fourth-order valence-electron chi connectivity index (χ4n) is 5.53. The first-order valence-electron chi connectivity index (χ1n) is 12.9. The van der Waals surface area contributed by atoms with Crippen LogP contribution in [0.3, 0.4) is 0 Å². The number of hydrogen-bond acceptors (Lipinski definition) is 5. The highest BCUT2D eigenvalue weighted by Gasteiger charge is 2.28. The minimum atomic E-state index is -0.167. The number of carbonyl (C=O) groups is 2. The molecule has 0 saturated carbocycles. The van der Waals surface area contributed by atoms with E-state index in [1.165, 1.54) is 15.7 Å². The lowest BCUT2D eigenvalue weighted by atomic mass is 9.94. The lowest BCUT2D eigenvalue weighted by Crippen LogP contribution is -2.45. The molecule has 37 heavy (non-hydrogen) atoms. The summed E-state index contributed by atoms with van der Waals surface area (Å²) in [4.78, 5) is 39.9. The van der Waals surface area contributed by atoms with Crippen molar-refractivity contribution >= 4 is 45.0 Å². The summed E-state index contributed by atoms with van der Waals surface area (Å²) in [5, 5.41) is 3.73. The van der Waals surface area contributed by atoms with Gasteiger partial charge in [0, 0.05) is 30.6 Å². The molecule has 1 aliphatic heterocycles. The molecule has 1 unspecified atom stereocenters. The van der Waals surface area contributed by atoms with E-state index in [1.54, 1.807) is 30.2 Å². The Morgan fingerprint density at radius 2 is 1.92 bits per heavy atom. The van der Waals surface area contributed by atoms with E-state index in [2.05, 4.69) is 17.4 Å². The molecule has 7 nitrogen and oxygen atoms in total. The third-order valence-corrected chi connectivity index (χ3v) is 8.88. The van der Waals surface area contributed by atoms with Gasteiger partial charge < -0.3 is 15.0 Å². The molecule has 1 saturated heterocycles. The number of ether oxygens (including phenoxy) is 1. The van der Waals surface area contributed by atoms with Crippen molar-refractivity contribution in [2.24, 2.45) is 11.8 Å². The van der Waals surface area contributed by atoms with E-state index in [0.29, 0.717) is 48.9 Å². The smallest absolute Gasteiger partial charge is 0.308 e. The maximum absolute atomic E-state index is 13.0. The third kappa shape index (κ3) is 5.85. The first kappa shape index (κ1) is 25.8. The third-order valence-electron chi connectivity index (χ3n) is 7.69. The molecule has 0 bridgehead atoms. The molecule has 1 aromatic heterocycles. The zero-order valence-corrected chi connectivity index (χ0v) is 22.6. The van der Waals surface area contributed by atoms with Crippen molar-refractivity contribution < 1.29 is 14.3 Å². The molecule has 2 aromatic carbocycles. The zero-order chi connectivity index (χ0) is 25.9. The number of benzene rings is 2. The number of nitrogens with zero attached hydrogens (tertiary/aromatic N) is 2. The Kier molecular flexibility index (Phi) is 7.86. The minimum absolute atomic E-state index is 0.00994. The Bertz CT molecular complexity index is 1360. The summed E-state index contributed by atoms with van der Waals surface area (Å²) in [7, 11) is 1.69. The number of amides is 2. The molecule has 1 aliphatic carbocycles. The van der Waals surface area contributed by atoms with Gasteiger partial charge in [0.25, 0.3) is 0 Å². The molecular formula is C28H32ClN3O4S. The van der Waals surface area contributed by atoms with Crippen molar-refractivity contribution in [2.75, 3.05) is 26.7 Å². The number of thiazole rings is 1. The van der Waals surface area contributed by atoms with Crippen LogP contribution in [0.15, 0.2) is 41.2 Å². The van der Waals surface area contributed by atoms with Crippen molar-refractivity contribution in [3.8, 4) is 5.75 Å². The van der Waals surface area contributed by atoms with Gasteiger partial charge >= 0.3 is 4.87 Å². The molecule has 1 atom stereocenters. The van der Waals surface area contributed by atoms with Crippen molar-refractivity contribution in [1.82, 2.24) is 14.8 Å². The Morgan fingerprint density at radius 1 is 1.11 bits per heavy atom. The van der Waals surface area contributed by atoms with Gasteiger partial charge in [-0.3, -0.25) is 19.0 Å². The summed E-state index contributed by atoms with van der Waals surface area (Å²) < 4.78 is 7.71. The fourth-order valence-corrected chi connectivity index (χ4v) is 6.57. The van der Waals surface area contributed by atoms with E-state index in [4.69, 9.17) is 16.3 Å². The fraction of sp³-hybridized carbons (Fsp3) is 0.464. The molecule has 9 heteroatoms. The van der Waals surface area contributed by atoms with Gasteiger partial charge in [-0.05, 0) is 85.9 Å². The lowest BCUT2D eigenvalue weighted by molar-refractivity contribution is -0.136. The van der Waals surface area contributed by atoms with Crippen molar-refractivity contribution in [3.05, 3.63) is 62.2 Å². The molecule has 2 aliphatic rings. The predicted molar refractivity (Wildman–Crippen MR) is 147 cm³/mol. The van der Waals surface area contributed by atoms with Crippen LogP contribution in [0.4, 0.5) is 0 Å². The molecule has 2 amide bonds. The molecule has 0 spiro atoms. The second-order valence-electron chi connectivity index (χ2n) is 10.1. The summed E-state index contributed by atoms with van der Waals surface area (Å²) in [5.41, 5.74) is 3.39. The highest BCUT2D eigenvalue weighted by molar-refractivity contribution is 7.16. The number of aromatic nitrogens is 1. The number of likely N-dealkylation sites (tertiary alicyclic amines) is 1. The summed E-state index contributed by atoms with van der Waals surface area (Å²) in [5.74, 6) is 1.17. The number of hydrogen-bond donors (Lipinski definition) is 1. The normalized spacial score (nSPS) is 18.3. The predicted octanol–water partition coefficient (Wildman–Crippen LogP) is 4.28. The van der Waals surface area contributed by atoms with Crippen molar-refractivity contribution in [3.63, 3.8) is 0 Å². The van der Waals surface area contributed by atoms with Gasteiger partial charge in [0.15, 0.2) is 0 Å². The number of aryl methyl sites for hydroxylation is 1. The number of carbonyl (C=O) groups excluding carboxylic acids is 2. The van der Waals surface area contributed by atoms with Gasteiger partial charge in [-0.1, -0.05) is 29.0 Å². The van der Waals surface area contributed by atoms with E-state index >= 15 is 0 Å². The first-order chi connectivity index (χ1) is 17.9. The van der Waals surface area contributed by atoms with Gasteiger partial charge in [-0.2, -0.15) is 0 Å². The van der Waals surface area contributed by atoms with E-state index < -0.39 is 0 Å². The van der Waals surface area contributed by atoms with Crippen LogP contribution in [0.5, 0.6) is 5.75 Å². The number of fused-ring (bicyclic) bond motifs is 2. The lowest BCUT2D eigenvalue weighted by Gasteiger charge is -2.31. The highest BCUT2D eigenvalue weighted by Crippen LogP contribution is 2.28. The minimum Gasteiger partial charge on any atom is -0.497 e. The number of halogens is 1. The topological polar surface area (TPSA) is 80.6 Å². The standard InChI is InChI=1S/C28H32ClN3O4S/c1-36-23-7-5-19-4-2-3-18(13-21(19)14-23)16-30-27(34)20-9-11-31(12-10-20)26(33)17-32-24-15-22(29)6-8-25(24)37-28(32)35/h5-8,14-15,18,20H,2-4,9-13,16-17H2,1H3,(H,30,34). The number of rotatable bonds is 6. The molecule has 1 fully saturated rings. The highest BCUT2D eigenvalue weighted by atomic mass is 35.5. The van der Waals surface area contributed by atoms with Gasteiger partial charge in [-0.15, -0.1) is 0 Å². The monoisotopic (exact) mass is 541 g/mol. The Balaban J connectivity index is 1.12. The van der Waals surface area contributed by atoms with Gasteiger partial charge in [0.2, 0.25) is 11.8 Å². The summed E-state index contributed by atoms with van der Waals surface area (Å²) in [6.07, 6.45) is 5.49. The van der Waals surface area contributed by atoms with Crippen LogP contribution in [-0.4, -0.2) is 48.0 Å². The van der Waals surface area contributed by atoms with Crippen LogP contribution in [0.25, 0.3) is 10.2 Å². The van der Waals surface area contributed by atoms with E-state index in [1.807, 2.05) is 6.07 Å². The van der Waals surface area contributed by atoms with Crippen LogP contribution in [0.2, 0.25) is 5.02 Å². The molecule has 3 aromatic rings.